The van der Waals surface area contributed by atoms with Crippen molar-refractivity contribution < 1.29 is 0 Å². The molecule has 0 fully saturated rings. The van der Waals surface area contributed by atoms with Crippen LogP contribution in [0.25, 0.3) is 11.3 Å². The predicted molar refractivity (Wildman–Crippen MR) is 33.5 cm³/mol. The molecule has 6 heteroatoms. The Morgan fingerprint density at radius 3 is 3.00 bits per heavy atom. The molecule has 10 heavy (non-hydrogen) atoms. The second-order valence-electron chi connectivity index (χ2n) is 1.99. The number of fused-ring (bicyclic) bond motifs is 1. The zero-order valence-electron chi connectivity index (χ0n) is 5.25. The third-order valence-corrected chi connectivity index (χ3v) is 1.29. The third kappa shape index (κ3) is 0.498. The number of aromatic nitrogens is 5. The molecule has 0 spiro atoms. The van der Waals surface area contributed by atoms with Gasteiger partial charge in [-0.2, -0.15) is 0 Å². The van der Waals surface area contributed by atoms with E-state index in [2.05, 4.69) is 20.3 Å². The van der Waals surface area contributed by atoms with E-state index in [1.54, 1.807) is 7.05 Å². The van der Waals surface area contributed by atoms with Gasteiger partial charge in [0.15, 0.2) is 5.65 Å². The normalized spacial score (nSPS) is 10.9. The van der Waals surface area contributed by atoms with E-state index in [9.17, 15) is 4.79 Å². The summed E-state index contributed by atoms with van der Waals surface area (Å²) >= 11 is 0. The molecule has 0 saturated heterocycles. The molecular formula is C4H5N5O. The molecule has 0 aliphatic rings. The van der Waals surface area contributed by atoms with Crippen LogP contribution in [0.15, 0.2) is 4.79 Å². The van der Waals surface area contributed by atoms with Crippen LogP contribution < -0.4 is 5.69 Å². The monoisotopic (exact) mass is 139 g/mol. The van der Waals surface area contributed by atoms with Crippen molar-refractivity contribution in [1.29, 1.82) is 0 Å². The first-order valence-electron chi connectivity index (χ1n) is 2.75. The van der Waals surface area contributed by atoms with Gasteiger partial charge in [0, 0.05) is 7.05 Å². The number of aryl methyl sites for hydroxylation is 1. The van der Waals surface area contributed by atoms with Crippen molar-refractivity contribution in [1.82, 2.24) is 25.0 Å². The van der Waals surface area contributed by atoms with Crippen LogP contribution in [0, 0.1) is 0 Å². The van der Waals surface area contributed by atoms with Gasteiger partial charge in [-0.05, 0) is 0 Å². The summed E-state index contributed by atoms with van der Waals surface area (Å²) < 4.78 is 1.49. The van der Waals surface area contributed by atoms with Crippen molar-refractivity contribution in [3.05, 3.63) is 10.5 Å². The molecule has 2 rings (SSSR count). The summed E-state index contributed by atoms with van der Waals surface area (Å²) in [5.41, 5.74) is 0.855. The van der Waals surface area contributed by atoms with Gasteiger partial charge in [-0.15, -0.1) is 5.10 Å². The second-order valence-corrected chi connectivity index (χ2v) is 1.99. The van der Waals surface area contributed by atoms with Gasteiger partial charge in [-0.3, -0.25) is 9.97 Å². The molecule has 0 atom stereocenters. The first-order chi connectivity index (χ1) is 4.77. The third-order valence-electron chi connectivity index (χ3n) is 1.29. The maximum Gasteiger partial charge on any atom is 0.326 e. The number of imidazole rings is 1. The number of H-pyrrole nitrogens is 2. The molecule has 2 N–H and O–H groups in total. The Morgan fingerprint density at radius 1 is 1.50 bits per heavy atom. The Kier molecular flexibility index (Phi) is 0.765. The van der Waals surface area contributed by atoms with E-state index < -0.39 is 0 Å². The average Bonchev–Trinajstić information content (AvgIpc) is 2.35. The molecule has 2 heterocycles. The zero-order valence-corrected chi connectivity index (χ0v) is 5.25. The lowest BCUT2D eigenvalue weighted by Crippen LogP contribution is -2.02. The molecule has 0 aliphatic carbocycles. The highest BCUT2D eigenvalue weighted by Gasteiger charge is 2.02. The second kappa shape index (κ2) is 1.47. The smallest absolute Gasteiger partial charge is 0.289 e. The highest BCUT2D eigenvalue weighted by atomic mass is 16.1. The van der Waals surface area contributed by atoms with Crippen molar-refractivity contribution in [2.24, 2.45) is 7.05 Å². The first-order valence-corrected chi connectivity index (χ1v) is 2.75. The minimum atomic E-state index is -0.254. The number of hydrogen-bond donors (Lipinski definition) is 2. The van der Waals surface area contributed by atoms with Gasteiger partial charge in [0.2, 0.25) is 5.65 Å². The van der Waals surface area contributed by atoms with Crippen molar-refractivity contribution in [3.8, 4) is 0 Å². The van der Waals surface area contributed by atoms with E-state index in [0.29, 0.717) is 11.3 Å². The Bertz CT molecular complexity index is 406. The van der Waals surface area contributed by atoms with Crippen LogP contribution in [0.3, 0.4) is 0 Å². The molecule has 0 radical (unpaired) electrons. The number of aromatic amines is 2. The van der Waals surface area contributed by atoms with Gasteiger partial charge in [0.05, 0.1) is 0 Å². The SMILES string of the molecule is Cn1nnc2[nH]c(=O)[nH]c21. The van der Waals surface area contributed by atoms with Gasteiger partial charge in [-0.1, -0.05) is 5.21 Å². The fourth-order valence-electron chi connectivity index (χ4n) is 0.828. The minimum Gasteiger partial charge on any atom is -0.289 e. The lowest BCUT2D eigenvalue weighted by Gasteiger charge is -1.80. The van der Waals surface area contributed by atoms with Gasteiger partial charge < -0.3 is 0 Å². The highest BCUT2D eigenvalue weighted by Crippen LogP contribution is 1.96. The summed E-state index contributed by atoms with van der Waals surface area (Å²) in [6.45, 7) is 0. The number of hydrogen-bond acceptors (Lipinski definition) is 3. The van der Waals surface area contributed by atoms with Crippen LogP contribution in [0.2, 0.25) is 0 Å². The maximum atomic E-state index is 10.6. The number of nitrogens with one attached hydrogen (secondary N) is 2. The van der Waals surface area contributed by atoms with E-state index in [1.807, 2.05) is 0 Å². The van der Waals surface area contributed by atoms with Crippen molar-refractivity contribution in [2.45, 2.75) is 0 Å². The van der Waals surface area contributed by atoms with Crippen LogP contribution in [0.4, 0.5) is 0 Å². The standard InChI is InChI=1S/C4H5N5O/c1-9-3-2(7-8-9)5-4(10)6-3/h1H3,(H2,5,6,10). The molecule has 0 saturated carbocycles. The average molecular weight is 139 g/mol. The van der Waals surface area contributed by atoms with Crippen molar-refractivity contribution in [3.63, 3.8) is 0 Å². The summed E-state index contributed by atoms with van der Waals surface area (Å²) in [7, 11) is 1.71. The predicted octanol–water partition coefficient (Wildman–Crippen LogP) is -1.02. The summed E-state index contributed by atoms with van der Waals surface area (Å²) in [6.07, 6.45) is 0. The molecule has 52 valence electrons. The fraction of sp³-hybridized carbons (Fsp3) is 0.250. The van der Waals surface area contributed by atoms with Crippen LogP contribution >= 0.6 is 0 Å². The first kappa shape index (κ1) is 5.21. The minimum absolute atomic E-state index is 0.254. The van der Waals surface area contributed by atoms with Crippen LogP contribution in [0.1, 0.15) is 0 Å². The summed E-state index contributed by atoms with van der Waals surface area (Å²) in [6, 6.07) is 0. The Hall–Kier alpha value is -1.59. The van der Waals surface area contributed by atoms with Gasteiger partial charge in [-0.25, -0.2) is 9.48 Å². The molecule has 0 amide bonds. The van der Waals surface area contributed by atoms with Crippen molar-refractivity contribution >= 4 is 11.3 Å². The Balaban J connectivity index is 3.03. The molecule has 0 aliphatic heterocycles. The van der Waals surface area contributed by atoms with Crippen molar-refractivity contribution in [2.75, 3.05) is 0 Å². The van der Waals surface area contributed by atoms with E-state index in [1.165, 1.54) is 4.68 Å². The number of nitrogens with zero attached hydrogens (tertiary/aromatic N) is 3. The lowest BCUT2D eigenvalue weighted by atomic mass is 10.8. The Labute approximate surface area is 54.9 Å². The maximum absolute atomic E-state index is 10.6. The molecule has 0 unspecified atom stereocenters. The van der Waals surface area contributed by atoms with E-state index >= 15 is 0 Å². The molecule has 2 aromatic rings. The van der Waals surface area contributed by atoms with Gasteiger partial charge in [0.25, 0.3) is 0 Å². The summed E-state index contributed by atoms with van der Waals surface area (Å²) in [5, 5.41) is 7.33. The molecule has 0 aromatic carbocycles. The largest absolute Gasteiger partial charge is 0.326 e. The van der Waals surface area contributed by atoms with Gasteiger partial charge in [0.1, 0.15) is 0 Å². The fourth-order valence-corrected chi connectivity index (χ4v) is 0.828. The molecule has 0 bridgehead atoms. The molecule has 6 nitrogen and oxygen atoms in total. The van der Waals surface area contributed by atoms with Crippen LogP contribution in [0.5, 0.6) is 0 Å². The van der Waals surface area contributed by atoms with Gasteiger partial charge >= 0.3 is 5.69 Å². The Morgan fingerprint density at radius 2 is 2.30 bits per heavy atom. The van der Waals surface area contributed by atoms with E-state index in [-0.39, 0.29) is 5.69 Å². The van der Waals surface area contributed by atoms with Crippen LogP contribution in [-0.4, -0.2) is 25.0 Å². The number of rotatable bonds is 0. The lowest BCUT2D eigenvalue weighted by molar-refractivity contribution is 0.725. The van der Waals surface area contributed by atoms with Crippen LogP contribution in [-0.2, 0) is 7.05 Å². The highest BCUT2D eigenvalue weighted by molar-refractivity contribution is 5.63. The molecular weight excluding hydrogens is 134 g/mol. The topological polar surface area (TPSA) is 79.4 Å². The zero-order chi connectivity index (χ0) is 7.14. The summed E-state index contributed by atoms with van der Waals surface area (Å²) in [4.78, 5) is 15.6. The summed E-state index contributed by atoms with van der Waals surface area (Å²) in [5.74, 6) is 0. The quantitative estimate of drug-likeness (QED) is 0.490. The van der Waals surface area contributed by atoms with E-state index in [0.717, 1.165) is 0 Å². The van der Waals surface area contributed by atoms with E-state index in [4.69, 9.17) is 0 Å². The molecule has 2 aromatic heterocycles.